The summed E-state index contributed by atoms with van der Waals surface area (Å²) in [7, 11) is 0. The van der Waals surface area contributed by atoms with Gasteiger partial charge >= 0.3 is 0 Å². The second kappa shape index (κ2) is 7.18. The second-order valence-electron chi connectivity index (χ2n) is 8.32. The van der Waals surface area contributed by atoms with Crippen LogP contribution < -0.4 is 10.6 Å². The number of nitrogens with zero attached hydrogens (tertiary/aromatic N) is 2. The average molecular weight is 368 g/mol. The van der Waals surface area contributed by atoms with Crippen molar-refractivity contribution in [1.82, 2.24) is 14.9 Å². The molecule has 1 aromatic carbocycles. The van der Waals surface area contributed by atoms with Crippen LogP contribution in [-0.2, 0) is 13.0 Å². The Morgan fingerprint density at radius 2 is 1.85 bits per heavy atom. The first kappa shape index (κ1) is 19.1. The molecule has 2 N–H and O–H groups in total. The molecule has 27 heavy (non-hydrogen) atoms. The lowest BCUT2D eigenvalue weighted by Gasteiger charge is -2.21. The molecule has 6 heteroatoms. The third kappa shape index (κ3) is 4.21. The van der Waals surface area contributed by atoms with Gasteiger partial charge in [0.25, 0.3) is 11.8 Å². The number of amides is 2. The third-order valence-corrected chi connectivity index (χ3v) is 4.67. The molecule has 3 rings (SSSR count). The summed E-state index contributed by atoms with van der Waals surface area (Å²) in [5, 5.41) is 5.92. The van der Waals surface area contributed by atoms with E-state index in [9.17, 15) is 9.59 Å². The summed E-state index contributed by atoms with van der Waals surface area (Å²) in [6.07, 6.45) is 2.74. The molecule has 0 atom stereocenters. The van der Waals surface area contributed by atoms with Gasteiger partial charge in [-0.05, 0) is 71.1 Å². The molecular formula is C21H28N4O2. The molecule has 0 saturated carbocycles. The van der Waals surface area contributed by atoms with Crippen LogP contribution in [0.3, 0.4) is 0 Å². The van der Waals surface area contributed by atoms with Crippen molar-refractivity contribution in [1.29, 1.82) is 0 Å². The van der Waals surface area contributed by atoms with Crippen LogP contribution in [0.1, 0.15) is 71.5 Å². The van der Waals surface area contributed by atoms with E-state index in [1.807, 2.05) is 57.4 Å². The maximum Gasteiger partial charge on any atom is 0.291 e. The van der Waals surface area contributed by atoms with E-state index in [1.54, 1.807) is 0 Å². The zero-order valence-corrected chi connectivity index (χ0v) is 16.8. The van der Waals surface area contributed by atoms with Crippen LogP contribution in [0, 0.1) is 13.8 Å². The highest BCUT2D eigenvalue weighted by molar-refractivity contribution is 6.04. The molecule has 2 amide bonds. The predicted octanol–water partition coefficient (Wildman–Crippen LogP) is 3.62. The molecule has 6 nitrogen and oxygen atoms in total. The maximum atomic E-state index is 12.9. The number of fused-ring (bicyclic) bond motifs is 1. The molecule has 144 valence electrons. The Morgan fingerprint density at radius 1 is 1.11 bits per heavy atom. The minimum atomic E-state index is -0.358. The highest BCUT2D eigenvalue weighted by Gasteiger charge is 2.29. The fraction of sp³-hybridized carbons (Fsp3) is 0.476. The van der Waals surface area contributed by atoms with Crippen LogP contribution >= 0.6 is 0 Å². The van der Waals surface area contributed by atoms with E-state index in [-0.39, 0.29) is 17.4 Å². The topological polar surface area (TPSA) is 76.0 Å². The highest BCUT2D eigenvalue weighted by Crippen LogP contribution is 2.23. The molecule has 1 aliphatic heterocycles. The fourth-order valence-electron chi connectivity index (χ4n) is 3.35. The number of carbonyl (C=O) groups excluding carboxylic acids is 2. The van der Waals surface area contributed by atoms with Gasteiger partial charge in [-0.3, -0.25) is 9.59 Å². The van der Waals surface area contributed by atoms with Gasteiger partial charge in [-0.2, -0.15) is 0 Å². The molecule has 0 radical (unpaired) electrons. The number of imidazole rings is 1. The van der Waals surface area contributed by atoms with Crippen LogP contribution in [0.25, 0.3) is 0 Å². The summed E-state index contributed by atoms with van der Waals surface area (Å²) >= 11 is 0. The Labute approximate surface area is 160 Å². The van der Waals surface area contributed by atoms with Gasteiger partial charge in [0, 0.05) is 17.8 Å². The number of anilines is 1. The van der Waals surface area contributed by atoms with Crippen molar-refractivity contribution >= 4 is 17.5 Å². The van der Waals surface area contributed by atoms with Gasteiger partial charge in [-0.25, -0.2) is 4.98 Å². The zero-order chi connectivity index (χ0) is 19.8. The van der Waals surface area contributed by atoms with E-state index < -0.39 is 0 Å². The van der Waals surface area contributed by atoms with Gasteiger partial charge in [0.2, 0.25) is 0 Å². The molecule has 2 aromatic rings. The van der Waals surface area contributed by atoms with Gasteiger partial charge < -0.3 is 15.2 Å². The number of hydrogen-bond donors (Lipinski definition) is 2. The molecule has 0 aliphatic carbocycles. The van der Waals surface area contributed by atoms with Crippen molar-refractivity contribution in [2.24, 2.45) is 0 Å². The standard InChI is InChI=1S/C21H28N4O2/c1-13-9-10-14(2)15(12-13)22-20(27)18-23-17(19(26)24-21(3,4)5)16-8-6-7-11-25(16)18/h9-10,12H,6-8,11H2,1-5H3,(H,22,27)(H,24,26). The molecule has 2 heterocycles. The molecule has 0 saturated heterocycles. The smallest absolute Gasteiger partial charge is 0.291 e. The lowest BCUT2D eigenvalue weighted by Crippen LogP contribution is -2.41. The first-order valence-corrected chi connectivity index (χ1v) is 9.46. The van der Waals surface area contributed by atoms with Crippen molar-refractivity contribution in [3.8, 4) is 0 Å². The number of nitrogens with one attached hydrogen (secondary N) is 2. The number of benzene rings is 1. The third-order valence-electron chi connectivity index (χ3n) is 4.67. The Balaban J connectivity index is 1.94. The fourth-order valence-corrected chi connectivity index (χ4v) is 3.35. The van der Waals surface area contributed by atoms with Crippen LogP contribution in [0.5, 0.6) is 0 Å². The number of aromatic nitrogens is 2. The second-order valence-corrected chi connectivity index (χ2v) is 8.32. The molecule has 0 fully saturated rings. The SMILES string of the molecule is Cc1ccc(C)c(NC(=O)c2nc(C(=O)NC(C)(C)C)c3n2CCCC3)c1. The predicted molar refractivity (Wildman–Crippen MR) is 106 cm³/mol. The van der Waals surface area contributed by atoms with Crippen molar-refractivity contribution in [3.63, 3.8) is 0 Å². The van der Waals surface area contributed by atoms with E-state index >= 15 is 0 Å². The Kier molecular flexibility index (Phi) is 5.09. The Bertz CT molecular complexity index is 890. The minimum Gasteiger partial charge on any atom is -0.346 e. The van der Waals surface area contributed by atoms with Crippen LogP contribution in [0.4, 0.5) is 5.69 Å². The Morgan fingerprint density at radius 3 is 2.56 bits per heavy atom. The first-order valence-electron chi connectivity index (χ1n) is 9.46. The number of aryl methyl sites for hydroxylation is 2. The Hall–Kier alpha value is -2.63. The van der Waals surface area contributed by atoms with Crippen molar-refractivity contribution in [2.75, 3.05) is 5.32 Å². The van der Waals surface area contributed by atoms with Crippen LogP contribution in [0.2, 0.25) is 0 Å². The van der Waals surface area contributed by atoms with E-state index in [4.69, 9.17) is 0 Å². The number of rotatable bonds is 3. The summed E-state index contributed by atoms with van der Waals surface area (Å²) in [5.74, 6) is -0.190. The number of hydrogen-bond acceptors (Lipinski definition) is 3. The normalized spacial score (nSPS) is 13.8. The average Bonchev–Trinajstić information content (AvgIpc) is 2.96. The van der Waals surface area contributed by atoms with E-state index in [2.05, 4.69) is 15.6 Å². The summed E-state index contributed by atoms with van der Waals surface area (Å²) in [6.45, 7) is 10.4. The first-order chi connectivity index (χ1) is 12.7. The molecule has 0 spiro atoms. The van der Waals surface area contributed by atoms with Crippen molar-refractivity contribution < 1.29 is 9.59 Å². The van der Waals surface area contributed by atoms with E-state index in [1.165, 1.54) is 0 Å². The van der Waals surface area contributed by atoms with E-state index in [0.29, 0.717) is 18.1 Å². The van der Waals surface area contributed by atoms with Gasteiger partial charge in [0.15, 0.2) is 5.82 Å². The van der Waals surface area contributed by atoms with Gasteiger partial charge in [0.05, 0.1) is 5.69 Å². The monoisotopic (exact) mass is 368 g/mol. The highest BCUT2D eigenvalue weighted by atomic mass is 16.2. The largest absolute Gasteiger partial charge is 0.346 e. The lowest BCUT2D eigenvalue weighted by atomic mass is 10.1. The maximum absolute atomic E-state index is 12.9. The minimum absolute atomic E-state index is 0.223. The van der Waals surface area contributed by atoms with Crippen molar-refractivity contribution in [2.45, 2.75) is 66.0 Å². The van der Waals surface area contributed by atoms with Gasteiger partial charge in [-0.15, -0.1) is 0 Å². The molecule has 1 aromatic heterocycles. The molecular weight excluding hydrogens is 340 g/mol. The number of carbonyl (C=O) groups is 2. The summed E-state index contributed by atoms with van der Waals surface area (Å²) in [5.41, 5.74) is 3.71. The zero-order valence-electron chi connectivity index (χ0n) is 16.8. The van der Waals surface area contributed by atoms with E-state index in [0.717, 1.165) is 41.8 Å². The lowest BCUT2D eigenvalue weighted by molar-refractivity contribution is 0.0913. The summed E-state index contributed by atoms with van der Waals surface area (Å²) in [6, 6.07) is 5.94. The molecule has 0 unspecified atom stereocenters. The van der Waals surface area contributed by atoms with Gasteiger partial charge in [-0.1, -0.05) is 12.1 Å². The summed E-state index contributed by atoms with van der Waals surface area (Å²) < 4.78 is 1.90. The van der Waals surface area contributed by atoms with Gasteiger partial charge in [0.1, 0.15) is 5.69 Å². The van der Waals surface area contributed by atoms with Crippen LogP contribution in [-0.4, -0.2) is 26.9 Å². The van der Waals surface area contributed by atoms with Crippen molar-refractivity contribution in [3.05, 3.63) is 46.5 Å². The summed E-state index contributed by atoms with van der Waals surface area (Å²) in [4.78, 5) is 30.1. The quantitative estimate of drug-likeness (QED) is 0.869. The molecule has 1 aliphatic rings. The van der Waals surface area contributed by atoms with Crippen LogP contribution in [0.15, 0.2) is 18.2 Å². The molecule has 0 bridgehead atoms.